The first kappa shape index (κ1) is 16.1. The minimum atomic E-state index is -0.494. The maximum Gasteiger partial charge on any atom is 0.338 e. The Labute approximate surface area is 133 Å². The van der Waals surface area contributed by atoms with Crippen LogP contribution < -0.4 is 5.32 Å². The van der Waals surface area contributed by atoms with E-state index in [0.717, 1.165) is 10.5 Å². The molecule has 0 radical (unpaired) electrons. The highest BCUT2D eigenvalue weighted by atomic mass is 32.2. The van der Waals surface area contributed by atoms with Gasteiger partial charge in [-0.15, -0.1) is 11.8 Å². The van der Waals surface area contributed by atoms with Crippen LogP contribution in [0.2, 0.25) is 0 Å². The van der Waals surface area contributed by atoms with Crippen LogP contribution in [0, 0.1) is 6.92 Å². The van der Waals surface area contributed by atoms with E-state index in [1.165, 1.54) is 0 Å². The Morgan fingerprint density at radius 2 is 1.91 bits per heavy atom. The molecule has 5 heteroatoms. The SMILES string of the molecule is CSc1cccc(NC(=O)COC(=O)c2ccccc2C)c1. The lowest BCUT2D eigenvalue weighted by Gasteiger charge is -2.08. The molecule has 0 aromatic heterocycles. The number of ether oxygens (including phenoxy) is 1. The third-order valence-electron chi connectivity index (χ3n) is 3.05. The molecule has 0 unspecified atom stereocenters. The van der Waals surface area contributed by atoms with E-state index in [4.69, 9.17) is 4.74 Å². The molecule has 2 aromatic rings. The minimum Gasteiger partial charge on any atom is -0.452 e. The molecule has 0 spiro atoms. The van der Waals surface area contributed by atoms with Crippen LogP contribution in [0.3, 0.4) is 0 Å². The van der Waals surface area contributed by atoms with Crippen LogP contribution in [-0.2, 0) is 9.53 Å². The maximum atomic E-state index is 11.9. The minimum absolute atomic E-state index is 0.309. The molecule has 4 nitrogen and oxygen atoms in total. The molecule has 0 aliphatic rings. The van der Waals surface area contributed by atoms with Gasteiger partial charge >= 0.3 is 5.97 Å². The fourth-order valence-electron chi connectivity index (χ4n) is 1.91. The van der Waals surface area contributed by atoms with Crippen molar-refractivity contribution in [1.82, 2.24) is 0 Å². The molecule has 114 valence electrons. The topological polar surface area (TPSA) is 55.4 Å². The highest BCUT2D eigenvalue weighted by molar-refractivity contribution is 7.98. The summed E-state index contributed by atoms with van der Waals surface area (Å²) in [5, 5.41) is 2.71. The Morgan fingerprint density at radius 1 is 1.14 bits per heavy atom. The fraction of sp³-hybridized carbons (Fsp3) is 0.176. The largest absolute Gasteiger partial charge is 0.452 e. The first-order chi connectivity index (χ1) is 10.6. The summed E-state index contributed by atoms with van der Waals surface area (Å²) in [5.41, 5.74) is 1.98. The van der Waals surface area contributed by atoms with E-state index >= 15 is 0 Å². The molecule has 22 heavy (non-hydrogen) atoms. The van der Waals surface area contributed by atoms with Gasteiger partial charge in [0, 0.05) is 10.6 Å². The lowest BCUT2D eigenvalue weighted by atomic mass is 10.1. The van der Waals surface area contributed by atoms with E-state index in [-0.39, 0.29) is 12.5 Å². The second kappa shape index (κ2) is 7.66. The molecule has 0 saturated carbocycles. The van der Waals surface area contributed by atoms with Gasteiger partial charge in [-0.05, 0) is 43.0 Å². The first-order valence-corrected chi connectivity index (χ1v) is 7.99. The number of carbonyl (C=O) groups is 2. The summed E-state index contributed by atoms with van der Waals surface area (Å²) in [6.07, 6.45) is 1.96. The van der Waals surface area contributed by atoms with Crippen LogP contribution in [0.4, 0.5) is 5.69 Å². The van der Waals surface area contributed by atoms with E-state index in [1.54, 1.807) is 30.0 Å². The molecule has 0 saturated heterocycles. The molecular formula is C17H17NO3S. The van der Waals surface area contributed by atoms with Crippen molar-refractivity contribution in [3.63, 3.8) is 0 Å². The van der Waals surface area contributed by atoms with Gasteiger partial charge in [0.25, 0.3) is 5.91 Å². The quantitative estimate of drug-likeness (QED) is 0.677. The zero-order chi connectivity index (χ0) is 15.9. The van der Waals surface area contributed by atoms with Gasteiger partial charge in [0.1, 0.15) is 0 Å². The summed E-state index contributed by atoms with van der Waals surface area (Å²) < 4.78 is 5.04. The van der Waals surface area contributed by atoms with Crippen LogP contribution in [0.15, 0.2) is 53.4 Å². The van der Waals surface area contributed by atoms with Crippen molar-refractivity contribution in [3.05, 3.63) is 59.7 Å². The van der Waals surface area contributed by atoms with Crippen molar-refractivity contribution in [1.29, 1.82) is 0 Å². The summed E-state index contributed by atoms with van der Waals surface area (Å²) in [6.45, 7) is 1.52. The van der Waals surface area contributed by atoms with Crippen LogP contribution in [0.1, 0.15) is 15.9 Å². The molecular weight excluding hydrogens is 298 g/mol. The molecule has 0 aliphatic carbocycles. The van der Waals surface area contributed by atoms with Crippen LogP contribution in [0.5, 0.6) is 0 Å². The van der Waals surface area contributed by atoms with Gasteiger partial charge < -0.3 is 10.1 Å². The van der Waals surface area contributed by atoms with Crippen molar-refractivity contribution in [2.75, 3.05) is 18.2 Å². The number of thioether (sulfide) groups is 1. The average molecular weight is 315 g/mol. The van der Waals surface area contributed by atoms with Crippen molar-refractivity contribution in [2.45, 2.75) is 11.8 Å². The Morgan fingerprint density at radius 3 is 2.64 bits per heavy atom. The molecule has 0 atom stereocenters. The molecule has 0 heterocycles. The van der Waals surface area contributed by atoms with Gasteiger partial charge in [-0.3, -0.25) is 4.79 Å². The van der Waals surface area contributed by atoms with E-state index in [1.807, 2.05) is 43.5 Å². The molecule has 1 N–H and O–H groups in total. The lowest BCUT2D eigenvalue weighted by molar-refractivity contribution is -0.119. The third-order valence-corrected chi connectivity index (χ3v) is 3.78. The number of amides is 1. The predicted molar refractivity (Wildman–Crippen MR) is 88.3 cm³/mol. The van der Waals surface area contributed by atoms with Gasteiger partial charge in [0.05, 0.1) is 5.56 Å². The summed E-state index contributed by atoms with van der Waals surface area (Å²) in [4.78, 5) is 24.8. The van der Waals surface area contributed by atoms with Crippen molar-refractivity contribution in [3.8, 4) is 0 Å². The van der Waals surface area contributed by atoms with E-state index < -0.39 is 5.97 Å². The lowest BCUT2D eigenvalue weighted by Crippen LogP contribution is -2.21. The molecule has 1 amide bonds. The number of nitrogens with one attached hydrogen (secondary N) is 1. The first-order valence-electron chi connectivity index (χ1n) is 6.77. The summed E-state index contributed by atoms with van der Waals surface area (Å²) in [5.74, 6) is -0.855. The normalized spacial score (nSPS) is 10.1. The highest BCUT2D eigenvalue weighted by Crippen LogP contribution is 2.18. The second-order valence-electron chi connectivity index (χ2n) is 4.67. The molecule has 2 aromatic carbocycles. The van der Waals surface area contributed by atoms with Crippen molar-refractivity contribution >= 4 is 29.3 Å². The van der Waals surface area contributed by atoms with Crippen molar-refractivity contribution in [2.24, 2.45) is 0 Å². The van der Waals surface area contributed by atoms with E-state index in [0.29, 0.717) is 11.3 Å². The van der Waals surface area contributed by atoms with Gasteiger partial charge in [-0.1, -0.05) is 24.3 Å². The Kier molecular flexibility index (Phi) is 5.61. The number of esters is 1. The number of carbonyl (C=O) groups excluding carboxylic acids is 2. The van der Waals surface area contributed by atoms with Crippen LogP contribution >= 0.6 is 11.8 Å². The van der Waals surface area contributed by atoms with E-state index in [2.05, 4.69) is 5.32 Å². The Hall–Kier alpha value is -2.27. The zero-order valence-electron chi connectivity index (χ0n) is 12.5. The number of rotatable bonds is 5. The van der Waals surface area contributed by atoms with Gasteiger partial charge in [-0.2, -0.15) is 0 Å². The molecule has 0 aliphatic heterocycles. The van der Waals surface area contributed by atoms with Gasteiger partial charge in [0.2, 0.25) is 0 Å². The highest BCUT2D eigenvalue weighted by Gasteiger charge is 2.12. The number of aryl methyl sites for hydroxylation is 1. The predicted octanol–water partition coefficient (Wildman–Crippen LogP) is 3.51. The maximum absolute atomic E-state index is 11.9. The monoisotopic (exact) mass is 315 g/mol. The summed E-state index contributed by atoms with van der Waals surface area (Å²) >= 11 is 1.59. The zero-order valence-corrected chi connectivity index (χ0v) is 13.3. The smallest absolute Gasteiger partial charge is 0.338 e. The molecule has 0 bridgehead atoms. The average Bonchev–Trinajstić information content (AvgIpc) is 2.53. The van der Waals surface area contributed by atoms with Gasteiger partial charge in [0.15, 0.2) is 6.61 Å². The second-order valence-corrected chi connectivity index (χ2v) is 5.55. The molecule has 0 fully saturated rings. The Bertz CT molecular complexity index is 685. The number of anilines is 1. The third kappa shape index (κ3) is 4.36. The number of benzene rings is 2. The number of hydrogen-bond acceptors (Lipinski definition) is 4. The molecule has 2 rings (SSSR count). The standard InChI is InChI=1S/C17H17NO3S/c1-12-6-3-4-9-15(12)17(20)21-11-16(19)18-13-7-5-8-14(10-13)22-2/h3-10H,11H2,1-2H3,(H,18,19). The van der Waals surface area contributed by atoms with E-state index in [9.17, 15) is 9.59 Å². The Balaban J connectivity index is 1.90. The number of hydrogen-bond donors (Lipinski definition) is 1. The van der Waals surface area contributed by atoms with Crippen LogP contribution in [-0.4, -0.2) is 24.7 Å². The van der Waals surface area contributed by atoms with Crippen molar-refractivity contribution < 1.29 is 14.3 Å². The summed E-state index contributed by atoms with van der Waals surface area (Å²) in [7, 11) is 0. The van der Waals surface area contributed by atoms with Gasteiger partial charge in [-0.25, -0.2) is 4.79 Å². The van der Waals surface area contributed by atoms with Crippen LogP contribution in [0.25, 0.3) is 0 Å². The fourth-order valence-corrected chi connectivity index (χ4v) is 2.37. The summed E-state index contributed by atoms with van der Waals surface area (Å²) in [6, 6.07) is 14.6.